The van der Waals surface area contributed by atoms with E-state index in [-0.39, 0.29) is 12.2 Å². The van der Waals surface area contributed by atoms with Gasteiger partial charge >= 0.3 is 5.97 Å². The van der Waals surface area contributed by atoms with Gasteiger partial charge in [0.15, 0.2) is 5.78 Å². The summed E-state index contributed by atoms with van der Waals surface area (Å²) in [7, 11) is 1.61. The maximum absolute atomic E-state index is 12.2. The predicted octanol–water partition coefficient (Wildman–Crippen LogP) is 2.70. The van der Waals surface area contributed by atoms with Crippen molar-refractivity contribution in [1.82, 2.24) is 0 Å². The Bertz CT molecular complexity index is 707. The Morgan fingerprint density at radius 3 is 2.68 bits per heavy atom. The minimum absolute atomic E-state index is 0.00888. The molecule has 1 aromatic carbocycles. The summed E-state index contributed by atoms with van der Waals surface area (Å²) in [6.45, 7) is 2.06. The molecule has 2 rings (SSSR count). The number of carboxylic acids is 1. The van der Waals surface area contributed by atoms with Crippen LogP contribution in [0.1, 0.15) is 28.6 Å². The Morgan fingerprint density at radius 2 is 2.09 bits per heavy atom. The van der Waals surface area contributed by atoms with Crippen molar-refractivity contribution in [2.24, 2.45) is 11.7 Å². The number of aliphatic carboxylic acids is 1. The summed E-state index contributed by atoms with van der Waals surface area (Å²) in [6, 6.07) is 5.70. The van der Waals surface area contributed by atoms with E-state index in [1.54, 1.807) is 7.11 Å². The smallest absolute Gasteiger partial charge is 0.306 e. The first-order valence-electron chi connectivity index (χ1n) is 7.02. The number of rotatable bonds is 7. The Labute approximate surface area is 132 Å². The number of hydrogen-bond acceptors (Lipinski definition) is 5. The van der Waals surface area contributed by atoms with Gasteiger partial charge in [0.05, 0.1) is 17.9 Å². The lowest BCUT2D eigenvalue weighted by atomic mass is 10.0. The van der Waals surface area contributed by atoms with Gasteiger partial charge in [-0.1, -0.05) is 6.92 Å². The van der Waals surface area contributed by atoms with Crippen LogP contribution in [-0.2, 0) is 11.2 Å². The van der Waals surface area contributed by atoms with Gasteiger partial charge in [-0.2, -0.15) is 0 Å². The van der Waals surface area contributed by atoms with Gasteiger partial charge in [-0.15, -0.1) is 11.3 Å². The van der Waals surface area contributed by atoms with Gasteiger partial charge in [0.1, 0.15) is 5.75 Å². The van der Waals surface area contributed by atoms with E-state index in [1.165, 1.54) is 18.3 Å². The van der Waals surface area contributed by atoms with E-state index in [4.69, 9.17) is 15.6 Å². The number of ether oxygens (including phenoxy) is 1. The van der Waals surface area contributed by atoms with E-state index in [1.807, 2.05) is 18.2 Å². The Hall–Kier alpha value is -1.92. The quantitative estimate of drug-likeness (QED) is 0.765. The third-order valence-electron chi connectivity index (χ3n) is 3.52. The van der Waals surface area contributed by atoms with Crippen LogP contribution in [0, 0.1) is 5.92 Å². The standard InChI is InChI=1S/C16H19NO4S/c1-9(16(19)20)5-12(18)15-7-11-6-10(3-4-17)13(21-2)8-14(11)22-15/h6-9H,3-5,17H2,1-2H3,(H,19,20)/t9-/m0/s1. The average Bonchev–Trinajstić information content (AvgIpc) is 2.89. The van der Waals surface area contributed by atoms with Crippen LogP contribution >= 0.6 is 11.3 Å². The number of ketones is 1. The lowest BCUT2D eigenvalue weighted by molar-refractivity contribution is -0.141. The number of methoxy groups -OCH3 is 1. The molecule has 0 amide bonds. The van der Waals surface area contributed by atoms with E-state index in [0.717, 1.165) is 21.4 Å². The van der Waals surface area contributed by atoms with Gasteiger partial charge in [0, 0.05) is 11.1 Å². The fourth-order valence-electron chi connectivity index (χ4n) is 2.26. The van der Waals surface area contributed by atoms with Crippen LogP contribution in [0.5, 0.6) is 5.75 Å². The van der Waals surface area contributed by atoms with Crippen molar-refractivity contribution in [3.05, 3.63) is 28.6 Å². The summed E-state index contributed by atoms with van der Waals surface area (Å²) < 4.78 is 6.31. The zero-order chi connectivity index (χ0) is 16.3. The van der Waals surface area contributed by atoms with Crippen LogP contribution in [0.25, 0.3) is 10.1 Å². The molecule has 0 radical (unpaired) electrons. The first-order valence-corrected chi connectivity index (χ1v) is 7.84. The molecule has 2 aromatic rings. The number of benzene rings is 1. The fourth-order valence-corrected chi connectivity index (χ4v) is 3.28. The molecule has 1 aromatic heterocycles. The summed E-state index contributed by atoms with van der Waals surface area (Å²) >= 11 is 1.36. The largest absolute Gasteiger partial charge is 0.496 e. The highest BCUT2D eigenvalue weighted by Gasteiger charge is 2.19. The maximum Gasteiger partial charge on any atom is 0.306 e. The molecule has 118 valence electrons. The highest BCUT2D eigenvalue weighted by atomic mass is 32.1. The van der Waals surface area contributed by atoms with Crippen LogP contribution in [0.4, 0.5) is 0 Å². The van der Waals surface area contributed by atoms with Gasteiger partial charge in [-0.3, -0.25) is 9.59 Å². The molecule has 3 N–H and O–H groups in total. The number of carbonyl (C=O) groups is 2. The van der Waals surface area contributed by atoms with E-state index < -0.39 is 11.9 Å². The van der Waals surface area contributed by atoms with E-state index >= 15 is 0 Å². The summed E-state index contributed by atoms with van der Waals surface area (Å²) in [4.78, 5) is 23.6. The number of Topliss-reactive ketones (excluding diaryl/α,β-unsaturated/α-hetero) is 1. The van der Waals surface area contributed by atoms with Crippen LogP contribution in [0.3, 0.4) is 0 Å². The number of thiophene rings is 1. The molecule has 0 saturated heterocycles. The average molecular weight is 321 g/mol. The normalized spacial score (nSPS) is 12.3. The number of fused-ring (bicyclic) bond motifs is 1. The molecule has 0 saturated carbocycles. The van der Waals surface area contributed by atoms with E-state index in [9.17, 15) is 9.59 Å². The van der Waals surface area contributed by atoms with Crippen LogP contribution in [0.2, 0.25) is 0 Å². The number of hydrogen-bond donors (Lipinski definition) is 2. The molecule has 0 aliphatic rings. The molecule has 1 heterocycles. The van der Waals surface area contributed by atoms with Crippen molar-refractivity contribution >= 4 is 33.2 Å². The van der Waals surface area contributed by atoms with Crippen LogP contribution in [-0.4, -0.2) is 30.5 Å². The third-order valence-corrected chi connectivity index (χ3v) is 4.66. The Balaban J connectivity index is 2.33. The first-order chi connectivity index (χ1) is 10.5. The molecule has 0 fully saturated rings. The fraction of sp³-hybridized carbons (Fsp3) is 0.375. The number of nitrogens with two attached hydrogens (primary N) is 1. The molecule has 0 spiro atoms. The number of carbonyl (C=O) groups excluding carboxylic acids is 1. The molecule has 0 bridgehead atoms. The summed E-state index contributed by atoms with van der Waals surface area (Å²) in [5, 5.41) is 9.86. The molecule has 5 nitrogen and oxygen atoms in total. The second kappa shape index (κ2) is 6.89. The lowest BCUT2D eigenvalue weighted by Gasteiger charge is -2.07. The minimum Gasteiger partial charge on any atom is -0.496 e. The van der Waals surface area contributed by atoms with E-state index in [0.29, 0.717) is 17.8 Å². The molecule has 0 aliphatic carbocycles. The molecular weight excluding hydrogens is 302 g/mol. The predicted molar refractivity (Wildman–Crippen MR) is 86.9 cm³/mol. The van der Waals surface area contributed by atoms with Crippen molar-refractivity contribution in [1.29, 1.82) is 0 Å². The zero-order valence-corrected chi connectivity index (χ0v) is 13.4. The Morgan fingerprint density at radius 1 is 1.36 bits per heavy atom. The first kappa shape index (κ1) is 16.5. The van der Waals surface area contributed by atoms with Crippen molar-refractivity contribution in [3.63, 3.8) is 0 Å². The summed E-state index contributed by atoms with van der Waals surface area (Å²) in [6.07, 6.45) is 0.712. The molecule has 0 unspecified atom stereocenters. The second-order valence-corrected chi connectivity index (χ2v) is 6.30. The van der Waals surface area contributed by atoms with Gasteiger partial charge < -0.3 is 15.6 Å². The van der Waals surface area contributed by atoms with Crippen molar-refractivity contribution in [3.8, 4) is 5.75 Å². The highest BCUT2D eigenvalue weighted by Crippen LogP contribution is 2.33. The summed E-state index contributed by atoms with van der Waals surface area (Å²) in [5.74, 6) is -1.02. The molecule has 6 heteroatoms. The topological polar surface area (TPSA) is 89.6 Å². The summed E-state index contributed by atoms with van der Waals surface area (Å²) in [5.41, 5.74) is 6.61. The SMILES string of the molecule is COc1cc2sc(C(=O)C[C@H](C)C(=O)O)cc2cc1CCN. The monoisotopic (exact) mass is 321 g/mol. The van der Waals surface area contributed by atoms with Crippen molar-refractivity contribution in [2.75, 3.05) is 13.7 Å². The van der Waals surface area contributed by atoms with Gasteiger partial charge in [-0.05, 0) is 42.1 Å². The van der Waals surface area contributed by atoms with Crippen LogP contribution < -0.4 is 10.5 Å². The highest BCUT2D eigenvalue weighted by molar-refractivity contribution is 7.20. The second-order valence-electron chi connectivity index (χ2n) is 5.22. The van der Waals surface area contributed by atoms with Crippen molar-refractivity contribution in [2.45, 2.75) is 19.8 Å². The minimum atomic E-state index is -0.957. The van der Waals surface area contributed by atoms with E-state index in [2.05, 4.69) is 0 Å². The molecule has 1 atom stereocenters. The van der Waals surface area contributed by atoms with Gasteiger partial charge in [-0.25, -0.2) is 0 Å². The van der Waals surface area contributed by atoms with Gasteiger partial charge in [0.2, 0.25) is 0 Å². The third kappa shape index (κ3) is 3.45. The molecule has 0 aliphatic heterocycles. The maximum atomic E-state index is 12.2. The zero-order valence-electron chi connectivity index (χ0n) is 12.6. The van der Waals surface area contributed by atoms with Crippen molar-refractivity contribution < 1.29 is 19.4 Å². The molecular formula is C16H19NO4S. The van der Waals surface area contributed by atoms with Crippen LogP contribution in [0.15, 0.2) is 18.2 Å². The molecule has 22 heavy (non-hydrogen) atoms. The number of carboxylic acid groups (broad SMARTS) is 1. The van der Waals surface area contributed by atoms with Gasteiger partial charge in [0.25, 0.3) is 0 Å². The lowest BCUT2D eigenvalue weighted by Crippen LogP contribution is -2.13. The Kier molecular flexibility index (Phi) is 5.15.